The Balaban J connectivity index is 2.36. The maximum absolute atomic E-state index is 13.0. The Morgan fingerprint density at radius 1 is 1.16 bits per heavy atom. The average Bonchev–Trinajstić information content (AvgIpc) is 2.65. The Kier molecular flexibility index (Phi) is 2.86. The predicted molar refractivity (Wildman–Crippen MR) is 76.3 cm³/mol. The van der Waals surface area contributed by atoms with E-state index in [2.05, 4.69) is 25.9 Å². The van der Waals surface area contributed by atoms with Crippen molar-refractivity contribution < 1.29 is 4.39 Å². The van der Waals surface area contributed by atoms with E-state index in [0.29, 0.717) is 5.82 Å². The highest BCUT2D eigenvalue weighted by Crippen LogP contribution is 2.32. The van der Waals surface area contributed by atoms with E-state index < -0.39 is 0 Å². The lowest BCUT2D eigenvalue weighted by Gasteiger charge is -2.05. The van der Waals surface area contributed by atoms with Crippen LogP contribution < -0.4 is 0 Å². The fourth-order valence-corrected chi connectivity index (χ4v) is 2.82. The topological polar surface area (TPSA) is 30.7 Å². The number of hydrogen-bond acceptors (Lipinski definition) is 2. The van der Waals surface area contributed by atoms with Crippen LogP contribution in [0, 0.1) is 12.7 Å². The summed E-state index contributed by atoms with van der Waals surface area (Å²) in [6.45, 7) is 1.85. The summed E-state index contributed by atoms with van der Waals surface area (Å²) in [5.41, 5.74) is 2.55. The largest absolute Gasteiger partial charge is 0.334 e. The van der Waals surface area contributed by atoms with Crippen LogP contribution in [0.2, 0.25) is 0 Å². The summed E-state index contributed by atoms with van der Waals surface area (Å²) < 4.78 is 15.9. The molecule has 0 amide bonds. The zero-order chi connectivity index (χ0) is 13.6. The number of aryl methyl sites for hydroxylation is 2. The molecule has 19 heavy (non-hydrogen) atoms. The van der Waals surface area contributed by atoms with Crippen LogP contribution in [0.4, 0.5) is 4.39 Å². The molecule has 0 saturated carbocycles. The second kappa shape index (κ2) is 4.42. The molecule has 0 unspecified atom stereocenters. The van der Waals surface area contributed by atoms with Gasteiger partial charge < -0.3 is 4.57 Å². The van der Waals surface area contributed by atoms with Crippen molar-refractivity contribution in [3.63, 3.8) is 0 Å². The first-order valence-electron chi connectivity index (χ1n) is 5.81. The highest BCUT2D eigenvalue weighted by molar-refractivity contribution is 9.10. The third-order valence-electron chi connectivity index (χ3n) is 3.00. The van der Waals surface area contributed by atoms with E-state index in [-0.39, 0.29) is 5.82 Å². The van der Waals surface area contributed by atoms with Gasteiger partial charge in [0.15, 0.2) is 0 Å². The van der Waals surface area contributed by atoms with Crippen molar-refractivity contribution in [2.75, 3.05) is 0 Å². The molecule has 1 aromatic carbocycles. The van der Waals surface area contributed by atoms with Gasteiger partial charge in [-0.3, -0.25) is 0 Å². The zero-order valence-electron chi connectivity index (χ0n) is 10.5. The fraction of sp³-hybridized carbons (Fsp3) is 0.143. The summed E-state index contributed by atoms with van der Waals surface area (Å²) >= 11 is 3.53. The normalized spacial score (nSPS) is 11.2. The van der Waals surface area contributed by atoms with Gasteiger partial charge in [-0.25, -0.2) is 14.4 Å². The van der Waals surface area contributed by atoms with Crippen LogP contribution in [0.5, 0.6) is 0 Å². The van der Waals surface area contributed by atoms with Crippen molar-refractivity contribution >= 4 is 27.0 Å². The van der Waals surface area contributed by atoms with Crippen molar-refractivity contribution in [1.29, 1.82) is 0 Å². The first-order chi connectivity index (χ1) is 9.06. The second-order valence-corrected chi connectivity index (χ2v) is 5.27. The van der Waals surface area contributed by atoms with Gasteiger partial charge >= 0.3 is 0 Å². The Morgan fingerprint density at radius 2 is 1.84 bits per heavy atom. The van der Waals surface area contributed by atoms with Gasteiger partial charge in [0.25, 0.3) is 0 Å². The van der Waals surface area contributed by atoms with Crippen LogP contribution >= 0.6 is 15.9 Å². The number of nitrogens with zero attached hydrogens (tertiary/aromatic N) is 3. The minimum atomic E-state index is -0.252. The van der Waals surface area contributed by atoms with Gasteiger partial charge in [0, 0.05) is 23.3 Å². The van der Waals surface area contributed by atoms with Crippen molar-refractivity contribution in [2.45, 2.75) is 6.92 Å². The van der Waals surface area contributed by atoms with Crippen LogP contribution in [-0.4, -0.2) is 14.5 Å². The van der Waals surface area contributed by atoms with E-state index in [1.165, 1.54) is 12.1 Å². The molecule has 96 valence electrons. The quantitative estimate of drug-likeness (QED) is 0.682. The fourth-order valence-electron chi connectivity index (χ4n) is 2.15. The SMILES string of the molecule is Cc1nc(-c2ccc(F)cc2)c2c(Br)cn(C)c2n1. The standard InChI is InChI=1S/C14H11BrFN3/c1-8-17-13(9-3-5-10(16)6-4-9)12-11(15)7-19(2)14(12)18-8/h3-7H,1-2H3. The zero-order valence-corrected chi connectivity index (χ0v) is 12.1. The minimum Gasteiger partial charge on any atom is -0.334 e. The molecule has 3 nitrogen and oxygen atoms in total. The van der Waals surface area contributed by atoms with Crippen LogP contribution in [0.15, 0.2) is 34.9 Å². The summed E-state index contributed by atoms with van der Waals surface area (Å²) in [5, 5.41) is 0.944. The van der Waals surface area contributed by atoms with Gasteiger partial charge in [-0.1, -0.05) is 0 Å². The maximum Gasteiger partial charge on any atom is 0.145 e. The highest BCUT2D eigenvalue weighted by atomic mass is 79.9. The Hall–Kier alpha value is -1.75. The molecule has 0 spiro atoms. The van der Waals surface area contributed by atoms with E-state index in [1.54, 1.807) is 12.1 Å². The Labute approximate surface area is 118 Å². The summed E-state index contributed by atoms with van der Waals surface area (Å²) in [7, 11) is 1.94. The van der Waals surface area contributed by atoms with Gasteiger partial charge in [-0.15, -0.1) is 0 Å². The third-order valence-corrected chi connectivity index (χ3v) is 3.60. The minimum absolute atomic E-state index is 0.252. The van der Waals surface area contributed by atoms with E-state index in [1.807, 2.05) is 24.7 Å². The number of aromatic nitrogens is 3. The van der Waals surface area contributed by atoms with Gasteiger partial charge in [-0.05, 0) is 47.1 Å². The molecule has 0 radical (unpaired) electrons. The molecule has 0 bridgehead atoms. The molecular formula is C14H11BrFN3. The summed E-state index contributed by atoms with van der Waals surface area (Å²) in [4.78, 5) is 8.95. The second-order valence-electron chi connectivity index (χ2n) is 4.41. The van der Waals surface area contributed by atoms with Crippen molar-refractivity contribution in [2.24, 2.45) is 7.05 Å². The molecule has 0 saturated heterocycles. The van der Waals surface area contributed by atoms with E-state index >= 15 is 0 Å². The monoisotopic (exact) mass is 319 g/mol. The Bertz CT molecular complexity index is 762. The number of halogens is 2. The van der Waals surface area contributed by atoms with Gasteiger partial charge in [-0.2, -0.15) is 0 Å². The molecule has 0 aliphatic carbocycles. The molecular weight excluding hydrogens is 309 g/mol. The molecule has 3 aromatic rings. The molecule has 2 aromatic heterocycles. The van der Waals surface area contributed by atoms with E-state index in [9.17, 15) is 4.39 Å². The van der Waals surface area contributed by atoms with Crippen LogP contribution in [0.25, 0.3) is 22.3 Å². The lowest BCUT2D eigenvalue weighted by atomic mass is 10.1. The van der Waals surface area contributed by atoms with Crippen LogP contribution in [0.3, 0.4) is 0 Å². The third kappa shape index (κ3) is 2.04. The van der Waals surface area contributed by atoms with E-state index in [4.69, 9.17) is 0 Å². The predicted octanol–water partition coefficient (Wildman–Crippen LogP) is 3.85. The first-order valence-corrected chi connectivity index (χ1v) is 6.60. The number of fused-ring (bicyclic) bond motifs is 1. The number of rotatable bonds is 1. The van der Waals surface area contributed by atoms with Gasteiger partial charge in [0.05, 0.1) is 11.1 Å². The lowest BCUT2D eigenvalue weighted by molar-refractivity contribution is 0.628. The van der Waals surface area contributed by atoms with E-state index in [0.717, 1.165) is 26.8 Å². The molecule has 3 rings (SSSR count). The maximum atomic E-state index is 13.0. The summed E-state index contributed by atoms with van der Waals surface area (Å²) in [6, 6.07) is 6.34. The smallest absolute Gasteiger partial charge is 0.145 e. The van der Waals surface area contributed by atoms with Crippen LogP contribution in [0.1, 0.15) is 5.82 Å². The molecule has 5 heteroatoms. The van der Waals surface area contributed by atoms with Crippen molar-refractivity contribution in [1.82, 2.24) is 14.5 Å². The van der Waals surface area contributed by atoms with Crippen LogP contribution in [-0.2, 0) is 7.05 Å². The molecule has 0 fully saturated rings. The molecule has 0 N–H and O–H groups in total. The lowest BCUT2D eigenvalue weighted by Crippen LogP contribution is -1.96. The van der Waals surface area contributed by atoms with Crippen molar-refractivity contribution in [3.05, 3.63) is 46.6 Å². The average molecular weight is 320 g/mol. The van der Waals surface area contributed by atoms with Gasteiger partial charge in [0.2, 0.25) is 0 Å². The summed E-state index contributed by atoms with van der Waals surface area (Å²) in [5.74, 6) is 0.443. The molecule has 2 heterocycles. The van der Waals surface area contributed by atoms with Gasteiger partial charge in [0.1, 0.15) is 17.3 Å². The number of benzene rings is 1. The summed E-state index contributed by atoms with van der Waals surface area (Å²) in [6.07, 6.45) is 1.95. The Morgan fingerprint density at radius 3 is 2.53 bits per heavy atom. The molecule has 0 atom stereocenters. The van der Waals surface area contributed by atoms with Crippen molar-refractivity contribution in [3.8, 4) is 11.3 Å². The molecule has 0 aliphatic heterocycles. The number of hydrogen-bond donors (Lipinski definition) is 0. The highest BCUT2D eigenvalue weighted by Gasteiger charge is 2.14. The first kappa shape index (κ1) is 12.3. The molecule has 0 aliphatic rings.